The number of nitrogens with zero attached hydrogens (tertiary/aromatic N) is 10. The molecule has 14 atom stereocenters. The van der Waals surface area contributed by atoms with Gasteiger partial charge in [-0.3, -0.25) is 19.3 Å². The molecular weight excluding hydrogens is 1810 g/mol. The van der Waals surface area contributed by atoms with E-state index in [9.17, 15) is 37.2 Å². The van der Waals surface area contributed by atoms with E-state index in [1.807, 2.05) is 68.4 Å². The van der Waals surface area contributed by atoms with Crippen LogP contribution in [0, 0.1) is 46.8 Å². The predicted octanol–water partition coefficient (Wildman–Crippen LogP) is 19.5. The third-order valence-corrected chi connectivity index (χ3v) is 24.0. The molecule has 674 valence electrons. The lowest BCUT2D eigenvalue weighted by atomic mass is 9.77. The Hall–Kier alpha value is -7.48. The Balaban J connectivity index is 0.000000200. The summed E-state index contributed by atoms with van der Waals surface area (Å²) in [6, 6.07) is 17.8. The summed E-state index contributed by atoms with van der Waals surface area (Å²) in [5, 5.41) is 5.10. The number of carbonyl (C=O) groups is 6. The molecule has 0 radical (unpaired) electrons. The number of fused-ring (bicyclic) bond motifs is 5. The highest BCUT2D eigenvalue weighted by molar-refractivity contribution is 7.90. The van der Waals surface area contributed by atoms with Crippen molar-refractivity contribution in [3.05, 3.63) is 126 Å². The minimum absolute atomic E-state index is 0. The fourth-order valence-corrected chi connectivity index (χ4v) is 17.4. The van der Waals surface area contributed by atoms with Gasteiger partial charge in [0.15, 0.2) is 35.5 Å². The third-order valence-electron chi connectivity index (χ3n) is 21.0. The number of unbranched alkanes of at least 4 members (excludes halogenated alkanes) is 1. The van der Waals surface area contributed by atoms with Crippen molar-refractivity contribution in [2.24, 2.45) is 46.8 Å². The molecular formula is C87H106Cl9N11O16S. The van der Waals surface area contributed by atoms with Gasteiger partial charge in [-0.2, -0.15) is 0 Å². The molecule has 0 unspecified atom stereocenters. The van der Waals surface area contributed by atoms with Crippen molar-refractivity contribution in [1.29, 1.82) is 0 Å². The van der Waals surface area contributed by atoms with Gasteiger partial charge in [-0.25, -0.2) is 62.7 Å². The molecule has 1 N–H and O–H groups in total. The number of sulfone groups is 1. The molecule has 0 spiro atoms. The lowest BCUT2D eigenvalue weighted by molar-refractivity contribution is -0.167. The number of nitrogens with one attached hydrogen (secondary N) is 1. The van der Waals surface area contributed by atoms with Gasteiger partial charge in [-0.15, -0.1) is 19.0 Å². The lowest BCUT2D eigenvalue weighted by Gasteiger charge is -2.35. The molecule has 3 saturated heterocycles. The highest BCUT2D eigenvalue weighted by atomic mass is 35.5. The first-order chi connectivity index (χ1) is 57.1. The number of hydrogen-bond donors (Lipinski definition) is 1. The van der Waals surface area contributed by atoms with Gasteiger partial charge in [-0.1, -0.05) is 140 Å². The maximum atomic E-state index is 14.5. The van der Waals surface area contributed by atoms with Crippen molar-refractivity contribution in [1.82, 2.24) is 55.0 Å². The first-order valence-corrected chi connectivity index (χ1v) is 45.3. The second kappa shape index (κ2) is 40.5. The average Bonchev–Trinajstić information content (AvgIpc) is 1.62. The molecule has 0 bridgehead atoms. The molecule has 37 heteroatoms. The van der Waals surface area contributed by atoms with Gasteiger partial charge >= 0.3 is 30.0 Å². The highest BCUT2D eigenvalue weighted by Crippen LogP contribution is 2.58. The summed E-state index contributed by atoms with van der Waals surface area (Å²) in [5.41, 5.74) is 0.886. The van der Waals surface area contributed by atoms with Gasteiger partial charge in [-0.05, 0) is 211 Å². The molecule has 13 rings (SSSR count). The van der Waals surface area contributed by atoms with Crippen LogP contribution in [0.4, 0.5) is 4.79 Å². The van der Waals surface area contributed by atoms with Crippen LogP contribution in [0.5, 0.6) is 17.6 Å². The number of ether oxygens (including phenoxy) is 8. The van der Waals surface area contributed by atoms with Crippen molar-refractivity contribution >= 4 is 195 Å². The van der Waals surface area contributed by atoms with Crippen molar-refractivity contribution in [2.75, 3.05) is 25.9 Å². The maximum absolute atomic E-state index is 14.5. The monoisotopic (exact) mass is 1910 g/mol. The largest absolute Gasteiger partial charge is 0.470 e. The lowest BCUT2D eigenvalue weighted by Crippen LogP contribution is -2.50. The Kier molecular flexibility index (Phi) is 32.7. The van der Waals surface area contributed by atoms with Crippen LogP contribution in [0.1, 0.15) is 163 Å². The first kappa shape index (κ1) is 100. The number of aromatic nitrogens is 8. The molecule has 4 aromatic heterocycles. The zero-order chi connectivity index (χ0) is 90.8. The molecule has 7 heterocycles. The third kappa shape index (κ3) is 26.4. The summed E-state index contributed by atoms with van der Waals surface area (Å²) in [4.78, 5) is 117. The second-order valence-electron chi connectivity index (χ2n) is 36.6. The summed E-state index contributed by atoms with van der Waals surface area (Å²) in [6.45, 7) is 37.3. The quantitative estimate of drug-likeness (QED) is 0.0361. The normalized spacial score (nSPS) is 22.7. The summed E-state index contributed by atoms with van der Waals surface area (Å²) in [7, 11) is -3.49. The van der Waals surface area contributed by atoms with Crippen molar-refractivity contribution in [2.45, 2.75) is 233 Å². The topological polar surface area (TPSA) is 332 Å². The summed E-state index contributed by atoms with van der Waals surface area (Å²) < 4.78 is 69.6. The highest BCUT2D eigenvalue weighted by Gasteiger charge is 2.56. The molecule has 5 fully saturated rings. The maximum Gasteiger partial charge on any atom is 0.411 e. The Morgan fingerprint density at radius 3 is 1.29 bits per heavy atom. The van der Waals surface area contributed by atoms with E-state index in [1.165, 1.54) is 22.3 Å². The molecule has 3 aliphatic heterocycles. The number of esters is 4. The predicted molar refractivity (Wildman–Crippen MR) is 482 cm³/mol. The molecule has 4 aromatic carbocycles. The van der Waals surface area contributed by atoms with Crippen LogP contribution in [0.15, 0.2) is 90.5 Å². The zero-order valence-corrected chi connectivity index (χ0v) is 80.2. The van der Waals surface area contributed by atoms with Crippen LogP contribution >= 0.6 is 105 Å². The van der Waals surface area contributed by atoms with Crippen molar-refractivity contribution in [3.63, 3.8) is 0 Å². The van der Waals surface area contributed by atoms with Crippen LogP contribution in [0.25, 0.3) is 44.1 Å². The number of allylic oxidation sites excluding steroid dienone is 1. The van der Waals surface area contributed by atoms with E-state index < -0.39 is 104 Å². The molecule has 2 saturated carbocycles. The SMILES string of the molecule is C=CCCC[C@@H]1[C@H]2C[C@H]2C[C@H]1OC(=O)C[C@H](C(=O)N1C[C@H](Oc2nc3cc(Cl)ccc3nc2Cl)[C@@H](C)[C@H]1C(=O)OC(C)(C)C)C(C)(C)C.CS(=O)(=O)c1nc2cc(Cl)ccc2nc1Cl.C[C@@H]1[C@@H](Oc2nc3cc(Cl)ccc3nc2Cl)CN(C(=O)OC(C)(C)C)[C@@H]1C(=O)OC(C)(C)C.C[C@@H]1[C@@H](Oc2nc3cc(Cl)ccc3nc2Cl)CN[C@@H]1C(=O)OC(C)(C)C.Cl. The fraction of sp³-hybridized carbons (Fsp3) is 0.540. The van der Waals surface area contributed by atoms with Crippen molar-refractivity contribution < 1.29 is 75.1 Å². The minimum Gasteiger partial charge on any atom is -0.470 e. The van der Waals surface area contributed by atoms with Gasteiger partial charge in [0.05, 0.1) is 69.6 Å². The summed E-state index contributed by atoms with van der Waals surface area (Å²) in [5.74, 6) is -1.84. The molecule has 2 amide bonds. The standard InChI is InChI=1S/C37H49Cl2N3O6.C23H29Cl2N3O5.C18H21Cl2N3O3.C9H6Cl2N2O2S.ClH/c1-9-10-11-12-23-24-15-21(24)16-28(23)46-30(43)18-25(36(3,4)5)34(44)42-19-29(20(2)31(42)35(45)48-37(6,7)8)47-33-32(39)40-26-14-13-22(38)17-27(26)41-33;1-12-16(31-19-18(25)26-14-9-8-13(24)10-15(14)27-19)11-28(21(30)33-23(5,6)7)17(12)20(29)32-22(2,3)4;1-9-13(8-21-14(9)17(24)26-18(2,3)4)25-16-15(20)22-11-6-5-10(19)7-12(11)23-16;1-16(14,15)9-8(11)12-6-3-2-5(10)4-7(6)13-9;/h9,13-14,17,20-21,23-25,28-29,31H,1,10-12,15-16,18-19H2,2-8H3;8-10,12,16-17H,11H2,1-7H3;5-7,9,13-14,21H,8H2,1-4H3;2-4H,1H3;1H/t20-,21+,23-,24+,25-,28-,29+,31+;12-,16+,17+;9-,13+,14+;;/m111../s1. The van der Waals surface area contributed by atoms with Gasteiger partial charge < -0.3 is 48.1 Å². The van der Waals surface area contributed by atoms with Gasteiger partial charge in [0.1, 0.15) is 64.9 Å². The van der Waals surface area contributed by atoms with Crippen molar-refractivity contribution in [3.8, 4) is 17.6 Å². The van der Waals surface area contributed by atoms with Crippen LogP contribution in [0.2, 0.25) is 40.7 Å². The number of amides is 2. The fourth-order valence-electron chi connectivity index (χ4n) is 15.0. The Morgan fingerprint density at radius 1 is 0.500 bits per heavy atom. The molecule has 124 heavy (non-hydrogen) atoms. The summed E-state index contributed by atoms with van der Waals surface area (Å²) in [6.07, 6.45) is 5.66. The van der Waals surface area contributed by atoms with E-state index in [0.29, 0.717) is 88.5 Å². The van der Waals surface area contributed by atoms with Crippen LogP contribution in [0.3, 0.4) is 0 Å². The number of likely N-dealkylation sites (tertiary alicyclic amines) is 2. The number of hydrogen-bond acceptors (Lipinski definition) is 25. The Bertz CT molecular complexity index is 5420. The van der Waals surface area contributed by atoms with E-state index in [0.717, 1.165) is 31.9 Å². The van der Waals surface area contributed by atoms with Gasteiger partial charge in [0.2, 0.25) is 5.91 Å². The van der Waals surface area contributed by atoms with Crippen LogP contribution < -0.4 is 19.5 Å². The van der Waals surface area contributed by atoms with Gasteiger partial charge in [0, 0.05) is 50.6 Å². The molecule has 27 nitrogen and oxygen atoms in total. The van der Waals surface area contributed by atoms with E-state index in [1.54, 1.807) is 129 Å². The number of halogens is 9. The zero-order valence-electron chi connectivity index (χ0n) is 72.5. The van der Waals surface area contributed by atoms with Crippen LogP contribution in [-0.2, 0) is 57.5 Å². The first-order valence-electron chi connectivity index (χ1n) is 40.4. The van der Waals surface area contributed by atoms with E-state index in [-0.39, 0.29) is 111 Å². The minimum atomic E-state index is -3.49. The number of rotatable bonds is 18. The molecule has 2 aliphatic carbocycles. The number of carbonyl (C=O) groups excluding carboxylic acids is 6. The van der Waals surface area contributed by atoms with Gasteiger partial charge in [0.25, 0.3) is 17.6 Å². The van der Waals surface area contributed by atoms with Crippen LogP contribution in [-0.4, -0.2) is 185 Å². The molecule has 8 aromatic rings. The van der Waals surface area contributed by atoms with E-state index in [4.69, 9.17) is 131 Å². The second-order valence-corrected chi connectivity index (χ2v) is 41.7. The number of benzene rings is 4. The van der Waals surface area contributed by atoms with E-state index in [2.05, 4.69) is 51.8 Å². The molecule has 5 aliphatic rings. The Labute approximate surface area is 769 Å². The summed E-state index contributed by atoms with van der Waals surface area (Å²) >= 11 is 48.8. The average molecular weight is 1910 g/mol. The smallest absolute Gasteiger partial charge is 0.411 e. The Morgan fingerprint density at radius 2 is 0.887 bits per heavy atom. The van der Waals surface area contributed by atoms with E-state index >= 15 is 0 Å².